The van der Waals surface area contributed by atoms with E-state index < -0.39 is 15.6 Å². The second-order valence-corrected chi connectivity index (χ2v) is 11.1. The smallest absolute Gasteiger partial charge is 0.250 e. The number of carbonyl (C=O) groups excluding carboxylic acids is 2. The molecule has 2 heterocycles. The number of hydrogen-bond donors (Lipinski definition) is 1. The van der Waals surface area contributed by atoms with Crippen LogP contribution in [0.25, 0.3) is 0 Å². The summed E-state index contributed by atoms with van der Waals surface area (Å²) in [6.45, 7) is 1.31. The third-order valence-corrected chi connectivity index (χ3v) is 9.20. The molecule has 2 fully saturated rings. The molecule has 10 heteroatoms. The summed E-state index contributed by atoms with van der Waals surface area (Å²) in [5.41, 5.74) is 0.607. The van der Waals surface area contributed by atoms with Gasteiger partial charge in [-0.1, -0.05) is 37.1 Å². The van der Waals surface area contributed by atoms with E-state index in [4.69, 9.17) is 0 Å². The molecule has 1 saturated carbocycles. The van der Waals surface area contributed by atoms with Crippen molar-refractivity contribution in [3.8, 4) is 6.07 Å². The van der Waals surface area contributed by atoms with Gasteiger partial charge in [0.25, 0.3) is 5.91 Å². The number of nitrogens with one attached hydrogen (secondary N) is 1. The third kappa shape index (κ3) is 3.99. The predicted molar refractivity (Wildman–Crippen MR) is 130 cm³/mol. The van der Waals surface area contributed by atoms with E-state index >= 15 is 0 Å². The molecule has 2 aromatic rings. The number of nitrogens with zero attached hydrogens (tertiary/aromatic N) is 4. The van der Waals surface area contributed by atoms with Crippen LogP contribution in [0.1, 0.15) is 31.2 Å². The minimum Gasteiger partial charge on any atom is -0.322 e. The Balaban J connectivity index is 1.32. The highest BCUT2D eigenvalue weighted by atomic mass is 32.2. The Morgan fingerprint density at radius 1 is 1.00 bits per heavy atom. The minimum absolute atomic E-state index is 0.00568. The van der Waals surface area contributed by atoms with E-state index in [9.17, 15) is 23.3 Å². The maximum atomic E-state index is 13.7. The average Bonchev–Trinajstić information content (AvgIpc) is 3.35. The van der Waals surface area contributed by atoms with Crippen molar-refractivity contribution in [3.63, 3.8) is 0 Å². The molecule has 0 atom stereocenters. The second-order valence-electron chi connectivity index (χ2n) is 9.23. The first-order valence-corrected chi connectivity index (χ1v) is 13.3. The lowest BCUT2D eigenvalue weighted by molar-refractivity contribution is -0.128. The van der Waals surface area contributed by atoms with Gasteiger partial charge < -0.3 is 5.32 Å². The van der Waals surface area contributed by atoms with Crippen molar-refractivity contribution in [1.29, 1.82) is 5.26 Å². The van der Waals surface area contributed by atoms with Crippen molar-refractivity contribution in [2.45, 2.75) is 36.1 Å². The van der Waals surface area contributed by atoms with Crippen LogP contribution in [0, 0.1) is 11.3 Å². The Hall–Kier alpha value is -3.26. The molecule has 3 aliphatic rings. The molecule has 0 aromatic heterocycles. The first-order valence-electron chi connectivity index (χ1n) is 11.8. The summed E-state index contributed by atoms with van der Waals surface area (Å²) in [6.07, 6.45) is 3.03. The highest BCUT2D eigenvalue weighted by molar-refractivity contribution is 7.89. The van der Waals surface area contributed by atoms with Gasteiger partial charge in [-0.2, -0.15) is 9.57 Å². The van der Waals surface area contributed by atoms with Crippen molar-refractivity contribution < 1.29 is 18.0 Å². The summed E-state index contributed by atoms with van der Waals surface area (Å²) < 4.78 is 27.6. The lowest BCUT2D eigenvalue weighted by Gasteiger charge is -2.45. The van der Waals surface area contributed by atoms with Crippen molar-refractivity contribution >= 4 is 33.2 Å². The Labute approximate surface area is 205 Å². The first kappa shape index (κ1) is 23.5. The van der Waals surface area contributed by atoms with Crippen LogP contribution in [-0.4, -0.2) is 67.7 Å². The number of sulfonamides is 1. The van der Waals surface area contributed by atoms with E-state index in [1.165, 1.54) is 16.4 Å². The molecule has 2 aliphatic heterocycles. The first-order chi connectivity index (χ1) is 16.9. The maximum Gasteiger partial charge on any atom is 0.250 e. The number of anilines is 2. The van der Waals surface area contributed by atoms with Crippen LogP contribution in [0.5, 0.6) is 0 Å². The summed E-state index contributed by atoms with van der Waals surface area (Å²) in [5, 5.41) is 12.3. The Morgan fingerprint density at radius 3 is 2.37 bits per heavy atom. The normalized spacial score (nSPS) is 20.3. The number of rotatable bonds is 4. The fourth-order valence-corrected chi connectivity index (χ4v) is 7.01. The number of amides is 2. The zero-order valence-corrected chi connectivity index (χ0v) is 20.1. The molecule has 5 rings (SSSR count). The fourth-order valence-electron chi connectivity index (χ4n) is 5.44. The van der Waals surface area contributed by atoms with E-state index in [1.54, 1.807) is 23.1 Å². The quantitative estimate of drug-likeness (QED) is 0.698. The van der Waals surface area contributed by atoms with Crippen LogP contribution in [0.2, 0.25) is 0 Å². The van der Waals surface area contributed by atoms with E-state index in [0.717, 1.165) is 12.8 Å². The maximum absolute atomic E-state index is 13.7. The predicted octanol–water partition coefficient (Wildman–Crippen LogP) is 2.16. The highest BCUT2D eigenvalue weighted by Crippen LogP contribution is 2.45. The fraction of sp³-hybridized carbons (Fsp3) is 0.400. The van der Waals surface area contributed by atoms with Gasteiger partial charge in [0.15, 0.2) is 0 Å². The van der Waals surface area contributed by atoms with Gasteiger partial charge in [0.2, 0.25) is 15.9 Å². The van der Waals surface area contributed by atoms with Gasteiger partial charge in [-0.15, -0.1) is 0 Å². The van der Waals surface area contributed by atoms with E-state index in [-0.39, 0.29) is 41.9 Å². The number of hydrogen-bond acceptors (Lipinski definition) is 6. The molecule has 0 radical (unpaired) electrons. The highest BCUT2D eigenvalue weighted by Gasteiger charge is 2.52. The molecule has 1 aliphatic carbocycles. The molecule has 0 bridgehead atoms. The Morgan fingerprint density at radius 2 is 1.66 bits per heavy atom. The average molecular weight is 494 g/mol. The number of nitriles is 1. The van der Waals surface area contributed by atoms with Crippen LogP contribution in [-0.2, 0) is 19.6 Å². The lowest BCUT2D eigenvalue weighted by Crippen LogP contribution is -2.62. The summed E-state index contributed by atoms with van der Waals surface area (Å²) in [6, 6.07) is 15.5. The number of para-hydroxylation sites is 2. The van der Waals surface area contributed by atoms with Gasteiger partial charge in [0, 0.05) is 26.2 Å². The van der Waals surface area contributed by atoms with Crippen LogP contribution in [0.4, 0.5) is 11.4 Å². The lowest BCUT2D eigenvalue weighted by atomic mass is 9.89. The summed E-state index contributed by atoms with van der Waals surface area (Å²) in [7, 11) is -3.81. The monoisotopic (exact) mass is 493 g/mol. The molecular weight excluding hydrogens is 466 g/mol. The molecule has 1 saturated heterocycles. The van der Waals surface area contributed by atoms with Gasteiger partial charge in [-0.3, -0.25) is 19.4 Å². The topological polar surface area (TPSA) is 114 Å². The minimum atomic E-state index is -3.81. The SMILES string of the molecule is N#Cc1ccccc1S(=O)(=O)N1CCN(CC(=O)N2c3ccccc3NC(=O)C23CCCC3)CC1. The van der Waals surface area contributed by atoms with Gasteiger partial charge in [0.05, 0.1) is 28.4 Å². The number of benzene rings is 2. The number of carbonyl (C=O) groups is 2. The van der Waals surface area contributed by atoms with Gasteiger partial charge >= 0.3 is 0 Å². The summed E-state index contributed by atoms with van der Waals surface area (Å²) in [4.78, 5) is 30.4. The standard InChI is InChI=1S/C25H27N5O4S/c26-17-19-7-1-4-10-22(19)35(33,34)29-15-13-28(14-16-29)18-23(31)30-21-9-3-2-8-20(21)27-24(32)25(30)11-5-6-12-25/h1-4,7-10H,5-6,11-16,18H2,(H,27,32). The molecule has 1 N–H and O–H groups in total. The Bertz CT molecular complexity index is 1310. The zero-order chi connectivity index (χ0) is 24.6. The van der Waals surface area contributed by atoms with Crippen molar-refractivity contribution in [2.24, 2.45) is 0 Å². The zero-order valence-electron chi connectivity index (χ0n) is 19.3. The van der Waals surface area contributed by atoms with Crippen LogP contribution in [0.3, 0.4) is 0 Å². The van der Waals surface area contributed by atoms with Crippen LogP contribution >= 0.6 is 0 Å². The van der Waals surface area contributed by atoms with Crippen molar-refractivity contribution in [3.05, 3.63) is 54.1 Å². The summed E-state index contributed by atoms with van der Waals surface area (Å²) in [5.74, 6) is -0.283. The molecule has 9 nitrogen and oxygen atoms in total. The number of piperazine rings is 1. The van der Waals surface area contributed by atoms with Gasteiger partial charge in [0.1, 0.15) is 11.6 Å². The molecular formula is C25H27N5O4S. The van der Waals surface area contributed by atoms with Crippen LogP contribution in [0.15, 0.2) is 53.4 Å². The largest absolute Gasteiger partial charge is 0.322 e. The second kappa shape index (κ2) is 9.07. The van der Waals surface area contributed by atoms with Gasteiger partial charge in [-0.05, 0) is 37.1 Å². The Kier molecular flexibility index (Phi) is 6.09. The molecule has 35 heavy (non-hydrogen) atoms. The van der Waals surface area contributed by atoms with Crippen molar-refractivity contribution in [2.75, 3.05) is 42.9 Å². The molecule has 2 aromatic carbocycles. The number of fused-ring (bicyclic) bond motifs is 1. The van der Waals surface area contributed by atoms with E-state index in [0.29, 0.717) is 37.3 Å². The van der Waals surface area contributed by atoms with Gasteiger partial charge in [-0.25, -0.2) is 8.42 Å². The van der Waals surface area contributed by atoms with E-state index in [2.05, 4.69) is 5.32 Å². The van der Waals surface area contributed by atoms with E-state index in [1.807, 2.05) is 29.2 Å². The molecule has 2 amide bonds. The van der Waals surface area contributed by atoms with Crippen molar-refractivity contribution in [1.82, 2.24) is 9.21 Å². The van der Waals surface area contributed by atoms with Crippen LogP contribution < -0.4 is 10.2 Å². The summed E-state index contributed by atoms with van der Waals surface area (Å²) >= 11 is 0. The molecule has 182 valence electrons. The third-order valence-electron chi connectivity index (χ3n) is 7.24. The molecule has 1 spiro atoms. The molecule has 0 unspecified atom stereocenters.